The Morgan fingerprint density at radius 2 is 1.70 bits per heavy atom. The fourth-order valence-electron chi connectivity index (χ4n) is 1.93. The molecule has 5 heteroatoms. The van der Waals surface area contributed by atoms with E-state index in [2.05, 4.69) is 21.2 Å². The molecule has 0 heterocycles. The predicted molar refractivity (Wildman–Crippen MR) is 93.6 cm³/mol. The zero-order valence-electron chi connectivity index (χ0n) is 13.2. The molecule has 23 heavy (non-hydrogen) atoms. The third-order valence-electron chi connectivity index (χ3n) is 3.51. The van der Waals surface area contributed by atoms with Gasteiger partial charge in [0.15, 0.2) is 6.10 Å². The number of hydrogen-bond acceptors (Lipinski definition) is 3. The summed E-state index contributed by atoms with van der Waals surface area (Å²) in [7, 11) is 0. The van der Waals surface area contributed by atoms with Crippen LogP contribution in [-0.2, 0) is 9.53 Å². The minimum absolute atomic E-state index is 0.371. The summed E-state index contributed by atoms with van der Waals surface area (Å²) in [6.45, 7) is 5.45. The maximum atomic E-state index is 12.1. The lowest BCUT2D eigenvalue weighted by Crippen LogP contribution is -2.30. The summed E-state index contributed by atoms with van der Waals surface area (Å²) in [4.78, 5) is 24.2. The minimum Gasteiger partial charge on any atom is -0.449 e. The highest BCUT2D eigenvalue weighted by atomic mass is 79.9. The summed E-state index contributed by atoms with van der Waals surface area (Å²) in [6.07, 6.45) is -0.882. The Labute approximate surface area is 144 Å². The van der Waals surface area contributed by atoms with Gasteiger partial charge in [0.05, 0.1) is 5.56 Å². The number of rotatable bonds is 4. The van der Waals surface area contributed by atoms with Crippen LogP contribution in [0.5, 0.6) is 0 Å². The molecule has 0 fully saturated rings. The maximum Gasteiger partial charge on any atom is 0.338 e. The van der Waals surface area contributed by atoms with Crippen LogP contribution < -0.4 is 5.32 Å². The Morgan fingerprint density at radius 1 is 1.04 bits per heavy atom. The lowest BCUT2D eigenvalue weighted by atomic mass is 10.1. The van der Waals surface area contributed by atoms with Crippen LogP contribution in [0.1, 0.15) is 28.4 Å². The summed E-state index contributed by atoms with van der Waals surface area (Å²) >= 11 is 3.33. The van der Waals surface area contributed by atoms with Crippen LogP contribution in [0.4, 0.5) is 5.69 Å². The second-order valence-corrected chi connectivity index (χ2v) is 6.26. The predicted octanol–water partition coefficient (Wildman–Crippen LogP) is 4.25. The largest absolute Gasteiger partial charge is 0.449 e. The summed E-state index contributed by atoms with van der Waals surface area (Å²) < 4.78 is 6.15. The first-order chi connectivity index (χ1) is 10.9. The maximum absolute atomic E-state index is 12.1. The van der Waals surface area contributed by atoms with Crippen LogP contribution in [0.15, 0.2) is 46.9 Å². The van der Waals surface area contributed by atoms with Gasteiger partial charge < -0.3 is 10.1 Å². The van der Waals surface area contributed by atoms with Crippen molar-refractivity contribution in [3.63, 3.8) is 0 Å². The van der Waals surface area contributed by atoms with Gasteiger partial charge in [0.25, 0.3) is 5.91 Å². The van der Waals surface area contributed by atoms with Gasteiger partial charge in [0, 0.05) is 10.2 Å². The Hall–Kier alpha value is -2.14. The monoisotopic (exact) mass is 375 g/mol. The third kappa shape index (κ3) is 4.66. The molecule has 120 valence electrons. The van der Waals surface area contributed by atoms with Crippen molar-refractivity contribution in [2.75, 3.05) is 5.32 Å². The molecule has 0 spiro atoms. The number of benzene rings is 2. The molecule has 0 unspecified atom stereocenters. The fourth-order valence-corrected chi connectivity index (χ4v) is 2.19. The van der Waals surface area contributed by atoms with Crippen LogP contribution in [0.2, 0.25) is 0 Å². The van der Waals surface area contributed by atoms with Crippen molar-refractivity contribution in [3.05, 3.63) is 63.6 Å². The Balaban J connectivity index is 1.98. The Kier molecular flexibility index (Phi) is 5.55. The van der Waals surface area contributed by atoms with E-state index in [0.717, 1.165) is 15.6 Å². The van der Waals surface area contributed by atoms with Gasteiger partial charge in [-0.05, 0) is 68.3 Å². The van der Waals surface area contributed by atoms with E-state index >= 15 is 0 Å². The first kappa shape index (κ1) is 17.2. The third-order valence-corrected chi connectivity index (χ3v) is 4.04. The molecule has 0 radical (unpaired) electrons. The van der Waals surface area contributed by atoms with Crippen LogP contribution in [-0.4, -0.2) is 18.0 Å². The van der Waals surface area contributed by atoms with Crippen LogP contribution in [0.25, 0.3) is 0 Å². The number of halogens is 1. The van der Waals surface area contributed by atoms with Crippen molar-refractivity contribution in [3.8, 4) is 0 Å². The number of hydrogen-bond donors (Lipinski definition) is 1. The first-order valence-electron chi connectivity index (χ1n) is 7.21. The Bertz CT molecular complexity index is 726. The SMILES string of the molecule is Cc1ccc(C(=O)O[C@@H](C)C(=O)Nc2ccc(Br)cc2)cc1C. The van der Waals surface area contributed by atoms with Crippen molar-refractivity contribution in [1.29, 1.82) is 0 Å². The van der Waals surface area contributed by atoms with Gasteiger partial charge in [-0.15, -0.1) is 0 Å². The van der Waals surface area contributed by atoms with Gasteiger partial charge >= 0.3 is 5.97 Å². The Morgan fingerprint density at radius 3 is 2.30 bits per heavy atom. The number of ether oxygens (including phenoxy) is 1. The number of aryl methyl sites for hydroxylation is 2. The van der Waals surface area contributed by atoms with E-state index in [4.69, 9.17) is 4.74 Å². The standard InChI is InChI=1S/C18H18BrNO3/c1-11-4-5-14(10-12(11)2)18(22)23-13(3)17(21)20-16-8-6-15(19)7-9-16/h4-10,13H,1-3H3,(H,20,21)/t13-/m0/s1. The zero-order valence-corrected chi connectivity index (χ0v) is 14.8. The molecule has 0 aliphatic heterocycles. The van der Waals surface area contributed by atoms with Crippen molar-refractivity contribution >= 4 is 33.5 Å². The highest BCUT2D eigenvalue weighted by molar-refractivity contribution is 9.10. The normalized spacial score (nSPS) is 11.7. The van der Waals surface area contributed by atoms with Crippen molar-refractivity contribution in [1.82, 2.24) is 0 Å². The first-order valence-corrected chi connectivity index (χ1v) is 8.01. The molecule has 0 saturated heterocycles. The van der Waals surface area contributed by atoms with Gasteiger partial charge in [-0.25, -0.2) is 4.79 Å². The summed E-state index contributed by atoms with van der Waals surface area (Å²) in [5, 5.41) is 2.71. The van der Waals surface area contributed by atoms with E-state index < -0.39 is 12.1 Å². The van der Waals surface area contributed by atoms with Crippen molar-refractivity contribution < 1.29 is 14.3 Å². The molecule has 1 amide bonds. The molecule has 0 bridgehead atoms. The number of carbonyl (C=O) groups excluding carboxylic acids is 2. The number of anilines is 1. The van der Waals surface area contributed by atoms with Crippen molar-refractivity contribution in [2.45, 2.75) is 26.9 Å². The minimum atomic E-state index is -0.882. The molecule has 0 saturated carbocycles. The van der Waals surface area contributed by atoms with E-state index in [1.807, 2.05) is 32.0 Å². The average molecular weight is 376 g/mol. The van der Waals surface area contributed by atoms with E-state index in [0.29, 0.717) is 11.3 Å². The fraction of sp³-hybridized carbons (Fsp3) is 0.222. The lowest BCUT2D eigenvalue weighted by Gasteiger charge is -2.14. The highest BCUT2D eigenvalue weighted by Gasteiger charge is 2.19. The average Bonchev–Trinajstić information content (AvgIpc) is 2.52. The molecular weight excluding hydrogens is 358 g/mol. The number of amides is 1. The van der Waals surface area contributed by atoms with Gasteiger partial charge in [0.2, 0.25) is 0 Å². The molecule has 0 aliphatic rings. The molecule has 0 aliphatic carbocycles. The number of esters is 1. The van der Waals surface area contributed by atoms with Crippen LogP contribution in [0, 0.1) is 13.8 Å². The van der Waals surface area contributed by atoms with Gasteiger partial charge in [-0.2, -0.15) is 0 Å². The summed E-state index contributed by atoms with van der Waals surface area (Å²) in [5.41, 5.74) is 3.19. The number of carbonyl (C=O) groups is 2. The molecule has 4 nitrogen and oxygen atoms in total. The molecule has 2 aromatic carbocycles. The molecule has 0 aromatic heterocycles. The van der Waals surface area contributed by atoms with Crippen LogP contribution >= 0.6 is 15.9 Å². The zero-order chi connectivity index (χ0) is 17.0. The molecular formula is C18H18BrNO3. The number of nitrogens with one attached hydrogen (secondary N) is 1. The van der Waals surface area contributed by atoms with Gasteiger partial charge in [-0.1, -0.05) is 22.0 Å². The molecule has 1 atom stereocenters. The molecule has 2 rings (SSSR count). The van der Waals surface area contributed by atoms with E-state index in [1.165, 1.54) is 0 Å². The highest BCUT2D eigenvalue weighted by Crippen LogP contribution is 2.15. The topological polar surface area (TPSA) is 55.4 Å². The lowest BCUT2D eigenvalue weighted by molar-refractivity contribution is -0.123. The summed E-state index contributed by atoms with van der Waals surface area (Å²) in [6, 6.07) is 12.5. The van der Waals surface area contributed by atoms with Crippen molar-refractivity contribution in [2.24, 2.45) is 0 Å². The van der Waals surface area contributed by atoms with Gasteiger partial charge in [0.1, 0.15) is 0 Å². The quantitative estimate of drug-likeness (QED) is 0.812. The van der Waals surface area contributed by atoms with E-state index in [-0.39, 0.29) is 5.91 Å². The van der Waals surface area contributed by atoms with E-state index in [9.17, 15) is 9.59 Å². The second kappa shape index (κ2) is 7.42. The smallest absolute Gasteiger partial charge is 0.338 e. The summed E-state index contributed by atoms with van der Waals surface area (Å²) in [5.74, 6) is -0.879. The van der Waals surface area contributed by atoms with E-state index in [1.54, 1.807) is 31.2 Å². The van der Waals surface area contributed by atoms with Crippen LogP contribution in [0.3, 0.4) is 0 Å². The molecule has 2 aromatic rings. The second-order valence-electron chi connectivity index (χ2n) is 5.34. The molecule has 1 N–H and O–H groups in total. The van der Waals surface area contributed by atoms with Gasteiger partial charge in [-0.3, -0.25) is 4.79 Å².